The van der Waals surface area contributed by atoms with Crippen LogP contribution in [0.4, 0.5) is 10.1 Å². The van der Waals surface area contributed by atoms with E-state index in [1.807, 2.05) is 0 Å². The molecule has 0 aliphatic carbocycles. The van der Waals surface area contributed by atoms with Gasteiger partial charge in [-0.3, -0.25) is 9.52 Å². The van der Waals surface area contributed by atoms with Gasteiger partial charge >= 0.3 is 0 Å². The van der Waals surface area contributed by atoms with Gasteiger partial charge in [0, 0.05) is 23.6 Å². The zero-order valence-corrected chi connectivity index (χ0v) is 19.7. The molecule has 9 heteroatoms. The zero-order valence-electron chi connectivity index (χ0n) is 17.3. The van der Waals surface area contributed by atoms with Crippen molar-refractivity contribution >= 4 is 45.0 Å². The number of hydrogen-bond acceptors (Lipinski definition) is 4. The Morgan fingerprint density at radius 3 is 2.53 bits per heavy atom. The first-order valence-corrected chi connectivity index (χ1v) is 12.8. The Morgan fingerprint density at radius 2 is 1.78 bits per heavy atom. The van der Waals surface area contributed by atoms with Gasteiger partial charge in [-0.05, 0) is 48.4 Å². The smallest absolute Gasteiger partial charge is 0.263 e. The van der Waals surface area contributed by atoms with Crippen LogP contribution >= 0.6 is 23.4 Å². The van der Waals surface area contributed by atoms with Crippen molar-refractivity contribution in [2.75, 3.05) is 17.0 Å². The molecule has 0 spiro atoms. The van der Waals surface area contributed by atoms with E-state index in [9.17, 15) is 17.6 Å². The second kappa shape index (κ2) is 10.8. The Balaban J connectivity index is 1.61. The molecule has 0 fully saturated rings. The standard InChI is InChI=1S/C23H22ClFN2O3S2/c1-16-6-2-5-9-21(16)27-32(29,30)22-14-17(10-11-19(22)24)23(28)26-12-13-31-15-18-7-3-4-8-20(18)25/h2-11,14,27H,12-13,15H2,1H3,(H,26,28). The lowest BCUT2D eigenvalue weighted by molar-refractivity contribution is 0.0956. The van der Waals surface area contributed by atoms with E-state index in [0.717, 1.165) is 5.56 Å². The third-order valence-corrected chi connectivity index (χ3v) is 7.47. The highest BCUT2D eigenvalue weighted by Crippen LogP contribution is 2.26. The third-order valence-electron chi connectivity index (χ3n) is 4.62. The highest BCUT2D eigenvalue weighted by molar-refractivity contribution is 7.98. The first kappa shape index (κ1) is 24.1. The summed E-state index contributed by atoms with van der Waals surface area (Å²) in [6.07, 6.45) is 0. The number of thioether (sulfide) groups is 1. The van der Waals surface area contributed by atoms with Crippen molar-refractivity contribution < 1.29 is 17.6 Å². The molecule has 32 heavy (non-hydrogen) atoms. The maximum absolute atomic E-state index is 13.6. The van der Waals surface area contributed by atoms with Crippen molar-refractivity contribution in [3.05, 3.63) is 94.3 Å². The molecule has 0 aliphatic heterocycles. The van der Waals surface area contributed by atoms with Crippen molar-refractivity contribution in [2.45, 2.75) is 17.6 Å². The van der Waals surface area contributed by atoms with Gasteiger partial charge in [-0.1, -0.05) is 48.0 Å². The van der Waals surface area contributed by atoms with Crippen LogP contribution in [0.15, 0.2) is 71.6 Å². The normalized spacial score (nSPS) is 11.2. The van der Waals surface area contributed by atoms with Crippen LogP contribution < -0.4 is 10.0 Å². The van der Waals surface area contributed by atoms with E-state index in [4.69, 9.17) is 11.6 Å². The van der Waals surface area contributed by atoms with Gasteiger partial charge in [0.2, 0.25) is 0 Å². The fraction of sp³-hybridized carbons (Fsp3) is 0.174. The Labute approximate surface area is 196 Å². The van der Waals surface area contributed by atoms with Gasteiger partial charge < -0.3 is 5.32 Å². The van der Waals surface area contributed by atoms with Crippen LogP contribution in [0.25, 0.3) is 0 Å². The summed E-state index contributed by atoms with van der Waals surface area (Å²) in [5.74, 6) is 0.406. The van der Waals surface area contributed by atoms with Gasteiger partial charge in [-0.15, -0.1) is 0 Å². The number of halogens is 2. The van der Waals surface area contributed by atoms with Crippen molar-refractivity contribution in [1.29, 1.82) is 0 Å². The van der Waals surface area contributed by atoms with Crippen molar-refractivity contribution in [3.63, 3.8) is 0 Å². The molecule has 0 aliphatic rings. The summed E-state index contributed by atoms with van der Waals surface area (Å²) in [7, 11) is -3.99. The number of sulfonamides is 1. The molecule has 3 aromatic carbocycles. The molecule has 168 valence electrons. The lowest BCUT2D eigenvalue weighted by Gasteiger charge is -2.13. The molecule has 3 aromatic rings. The largest absolute Gasteiger partial charge is 0.351 e. The molecule has 0 radical (unpaired) electrons. The molecule has 0 aromatic heterocycles. The van der Waals surface area contributed by atoms with Crippen molar-refractivity contribution in [3.8, 4) is 0 Å². The summed E-state index contributed by atoms with van der Waals surface area (Å²) in [4.78, 5) is 12.3. The van der Waals surface area contributed by atoms with E-state index < -0.39 is 15.9 Å². The molecule has 3 rings (SSSR count). The van der Waals surface area contributed by atoms with Crippen LogP contribution in [-0.4, -0.2) is 26.6 Å². The number of benzene rings is 3. The van der Waals surface area contributed by atoms with Crippen LogP contribution in [0.1, 0.15) is 21.5 Å². The minimum absolute atomic E-state index is 0.0167. The number of hydrogen-bond donors (Lipinski definition) is 2. The number of amides is 1. The summed E-state index contributed by atoms with van der Waals surface area (Å²) in [5.41, 5.74) is 1.98. The Kier molecular flexibility index (Phi) is 8.17. The first-order chi connectivity index (χ1) is 15.3. The molecule has 2 N–H and O–H groups in total. The Hall–Kier alpha value is -2.55. The predicted octanol–water partition coefficient (Wildman–Crippen LogP) is 5.25. The van der Waals surface area contributed by atoms with Crippen LogP contribution in [0.2, 0.25) is 5.02 Å². The van der Waals surface area contributed by atoms with Crippen LogP contribution in [0, 0.1) is 12.7 Å². The second-order valence-electron chi connectivity index (χ2n) is 6.97. The van der Waals surface area contributed by atoms with Gasteiger partial charge in [0.05, 0.1) is 10.7 Å². The Bertz CT molecular complexity index is 1220. The first-order valence-electron chi connectivity index (χ1n) is 9.75. The van der Waals surface area contributed by atoms with E-state index >= 15 is 0 Å². The summed E-state index contributed by atoms with van der Waals surface area (Å²) in [6.45, 7) is 2.14. The number of anilines is 1. The molecule has 1 amide bonds. The van der Waals surface area contributed by atoms with Crippen molar-refractivity contribution in [1.82, 2.24) is 5.32 Å². The highest BCUT2D eigenvalue weighted by Gasteiger charge is 2.21. The number of carbonyl (C=O) groups excluding carboxylic acids is 1. The Morgan fingerprint density at radius 1 is 1.06 bits per heavy atom. The lowest BCUT2D eigenvalue weighted by atomic mass is 10.2. The summed E-state index contributed by atoms with van der Waals surface area (Å²) >= 11 is 7.61. The molecule has 0 saturated heterocycles. The molecule has 0 saturated carbocycles. The van der Waals surface area contributed by atoms with Crippen LogP contribution in [-0.2, 0) is 15.8 Å². The summed E-state index contributed by atoms with van der Waals surface area (Å²) < 4.78 is 41.8. The van der Waals surface area contributed by atoms with E-state index in [1.54, 1.807) is 49.4 Å². The maximum atomic E-state index is 13.6. The predicted molar refractivity (Wildman–Crippen MR) is 128 cm³/mol. The molecule has 0 heterocycles. The van der Waals surface area contributed by atoms with Crippen molar-refractivity contribution in [2.24, 2.45) is 0 Å². The average molecular weight is 493 g/mol. The fourth-order valence-electron chi connectivity index (χ4n) is 2.87. The fourth-order valence-corrected chi connectivity index (χ4v) is 5.38. The zero-order chi connectivity index (χ0) is 23.1. The van der Waals surface area contributed by atoms with Crippen LogP contribution in [0.3, 0.4) is 0 Å². The van der Waals surface area contributed by atoms with E-state index in [-0.39, 0.29) is 21.3 Å². The van der Waals surface area contributed by atoms with Gasteiger partial charge in [-0.25, -0.2) is 12.8 Å². The molecule has 5 nitrogen and oxygen atoms in total. The summed E-state index contributed by atoms with van der Waals surface area (Å²) in [5, 5.41) is 2.76. The highest BCUT2D eigenvalue weighted by atomic mass is 35.5. The topological polar surface area (TPSA) is 75.3 Å². The lowest BCUT2D eigenvalue weighted by Crippen LogP contribution is -2.26. The molecular formula is C23H22ClFN2O3S2. The molecule has 0 atom stereocenters. The average Bonchev–Trinajstić information content (AvgIpc) is 2.76. The molecule has 0 bridgehead atoms. The number of carbonyl (C=O) groups is 1. The second-order valence-corrected chi connectivity index (χ2v) is 10.1. The number of rotatable bonds is 9. The SMILES string of the molecule is Cc1ccccc1NS(=O)(=O)c1cc(C(=O)NCCSCc2ccccc2F)ccc1Cl. The molecule has 0 unspecified atom stereocenters. The number of para-hydroxylation sites is 1. The van der Waals surface area contributed by atoms with E-state index in [0.29, 0.717) is 29.3 Å². The van der Waals surface area contributed by atoms with E-state index in [1.165, 1.54) is 36.0 Å². The minimum Gasteiger partial charge on any atom is -0.351 e. The van der Waals surface area contributed by atoms with Gasteiger partial charge in [0.1, 0.15) is 10.7 Å². The third kappa shape index (κ3) is 6.25. The number of nitrogens with one attached hydrogen (secondary N) is 2. The van der Waals surface area contributed by atoms with Gasteiger partial charge in [0.25, 0.3) is 15.9 Å². The van der Waals surface area contributed by atoms with E-state index in [2.05, 4.69) is 10.0 Å². The maximum Gasteiger partial charge on any atom is 0.263 e. The number of aryl methyl sites for hydroxylation is 1. The quantitative estimate of drug-likeness (QED) is 0.400. The molecular weight excluding hydrogens is 471 g/mol. The minimum atomic E-state index is -3.99. The summed E-state index contributed by atoms with van der Waals surface area (Å²) in [6, 6.07) is 17.6. The van der Waals surface area contributed by atoms with Gasteiger partial charge in [-0.2, -0.15) is 11.8 Å². The van der Waals surface area contributed by atoms with Crippen LogP contribution in [0.5, 0.6) is 0 Å². The monoisotopic (exact) mass is 492 g/mol. The van der Waals surface area contributed by atoms with Gasteiger partial charge in [0.15, 0.2) is 0 Å².